The van der Waals surface area contributed by atoms with Gasteiger partial charge in [-0.3, -0.25) is 19.3 Å². The lowest BCUT2D eigenvalue weighted by Crippen LogP contribution is -2.40. The highest BCUT2D eigenvalue weighted by atomic mass is 16.5. The number of hydrogen-bond acceptors (Lipinski definition) is 5. The lowest BCUT2D eigenvalue weighted by molar-refractivity contribution is -0.147. The van der Waals surface area contributed by atoms with Crippen LogP contribution in [0.5, 0.6) is 0 Å². The Morgan fingerprint density at radius 3 is 2.64 bits per heavy atom. The van der Waals surface area contributed by atoms with Gasteiger partial charge in [0, 0.05) is 19.0 Å². The van der Waals surface area contributed by atoms with Gasteiger partial charge in [-0.2, -0.15) is 0 Å². The fraction of sp³-hybridized carbons (Fsp3) is 0.765. The van der Waals surface area contributed by atoms with Crippen molar-refractivity contribution < 1.29 is 23.9 Å². The minimum absolute atomic E-state index is 0.0162. The molecule has 2 atom stereocenters. The minimum Gasteiger partial charge on any atom is -0.466 e. The van der Waals surface area contributed by atoms with Crippen LogP contribution in [0.3, 0.4) is 0 Å². The van der Waals surface area contributed by atoms with Crippen LogP contribution in [0.4, 0.5) is 4.79 Å². The number of hydrogen-bond donors (Lipinski definition) is 2. The van der Waals surface area contributed by atoms with Gasteiger partial charge in [0.25, 0.3) is 5.91 Å². The lowest BCUT2D eigenvalue weighted by Gasteiger charge is -2.16. The molecule has 0 aromatic carbocycles. The molecule has 1 aliphatic carbocycles. The predicted octanol–water partition coefficient (Wildman–Crippen LogP) is 0.945. The monoisotopic (exact) mass is 353 g/mol. The van der Waals surface area contributed by atoms with Crippen molar-refractivity contribution in [2.75, 3.05) is 13.2 Å². The van der Waals surface area contributed by atoms with Gasteiger partial charge in [0.2, 0.25) is 5.91 Å². The smallest absolute Gasteiger partial charge is 0.325 e. The molecule has 0 unspecified atom stereocenters. The van der Waals surface area contributed by atoms with Gasteiger partial charge >= 0.3 is 12.0 Å². The van der Waals surface area contributed by atoms with Crippen LogP contribution in [0, 0.1) is 5.92 Å². The number of nitrogens with one attached hydrogen (secondary N) is 2. The van der Waals surface area contributed by atoms with E-state index in [9.17, 15) is 19.2 Å². The Morgan fingerprint density at radius 2 is 2.04 bits per heavy atom. The van der Waals surface area contributed by atoms with Gasteiger partial charge in [0.15, 0.2) is 0 Å². The Hall–Kier alpha value is -2.12. The minimum atomic E-state index is -0.884. The molecule has 1 aliphatic heterocycles. The third-order valence-electron chi connectivity index (χ3n) is 4.65. The van der Waals surface area contributed by atoms with E-state index in [4.69, 9.17) is 4.74 Å². The van der Waals surface area contributed by atoms with Crippen molar-refractivity contribution in [3.05, 3.63) is 0 Å². The highest BCUT2D eigenvalue weighted by molar-refractivity contribution is 6.06. The first kappa shape index (κ1) is 19.2. The fourth-order valence-electron chi connectivity index (χ4n) is 3.31. The summed E-state index contributed by atoms with van der Waals surface area (Å²) in [5, 5.41) is 5.53. The second kappa shape index (κ2) is 7.84. The van der Waals surface area contributed by atoms with Crippen LogP contribution in [0.1, 0.15) is 52.9 Å². The van der Waals surface area contributed by atoms with E-state index in [0.29, 0.717) is 19.4 Å². The summed E-state index contributed by atoms with van der Waals surface area (Å²) >= 11 is 0. The topological polar surface area (TPSA) is 105 Å². The zero-order valence-electron chi connectivity index (χ0n) is 15.1. The lowest BCUT2D eigenvalue weighted by atomic mass is 10.1. The van der Waals surface area contributed by atoms with Crippen molar-refractivity contribution in [2.24, 2.45) is 5.92 Å². The third-order valence-corrected chi connectivity index (χ3v) is 4.65. The predicted molar refractivity (Wildman–Crippen MR) is 89.5 cm³/mol. The molecule has 0 spiro atoms. The molecular formula is C17H27N3O5. The fourth-order valence-corrected chi connectivity index (χ4v) is 3.31. The average Bonchev–Trinajstić information content (AvgIpc) is 3.05. The Morgan fingerprint density at radius 1 is 1.32 bits per heavy atom. The molecule has 1 heterocycles. The number of imide groups is 1. The van der Waals surface area contributed by atoms with Gasteiger partial charge in [-0.15, -0.1) is 0 Å². The molecule has 2 aliphatic rings. The van der Waals surface area contributed by atoms with Crippen molar-refractivity contribution in [2.45, 2.75) is 64.5 Å². The molecule has 8 nitrogen and oxygen atoms in total. The number of rotatable bonds is 7. The van der Waals surface area contributed by atoms with Gasteiger partial charge in [0.1, 0.15) is 5.54 Å². The number of ether oxygens (including phenoxy) is 1. The van der Waals surface area contributed by atoms with Crippen molar-refractivity contribution >= 4 is 23.8 Å². The standard InChI is InChI=1S/C17H27N3O5/c1-4-25-14(22)11-7-8-12(10-11)18-13(21)6-5-9-20-15(23)17(2,3)19-16(20)24/h11-12H,4-10H2,1-3H3,(H,18,21)(H,19,24)/t11-,12+/m0/s1. The van der Waals surface area contributed by atoms with E-state index < -0.39 is 11.6 Å². The van der Waals surface area contributed by atoms with Crippen LogP contribution >= 0.6 is 0 Å². The number of esters is 1. The van der Waals surface area contributed by atoms with E-state index >= 15 is 0 Å². The second-order valence-corrected chi connectivity index (χ2v) is 7.14. The zero-order chi connectivity index (χ0) is 18.6. The highest BCUT2D eigenvalue weighted by Gasteiger charge is 2.43. The summed E-state index contributed by atoms with van der Waals surface area (Å²) in [6.07, 6.45) is 2.73. The average molecular weight is 353 g/mol. The summed E-state index contributed by atoms with van der Waals surface area (Å²) in [7, 11) is 0. The molecule has 0 radical (unpaired) electrons. The highest BCUT2D eigenvalue weighted by Crippen LogP contribution is 2.26. The molecule has 25 heavy (non-hydrogen) atoms. The van der Waals surface area contributed by atoms with Crippen LogP contribution in [-0.4, -0.2) is 53.4 Å². The van der Waals surface area contributed by atoms with Crippen LogP contribution in [-0.2, 0) is 19.1 Å². The summed E-state index contributed by atoms with van der Waals surface area (Å²) in [4.78, 5) is 48.7. The van der Waals surface area contributed by atoms with Crippen molar-refractivity contribution in [3.8, 4) is 0 Å². The number of carbonyl (C=O) groups is 4. The van der Waals surface area contributed by atoms with Crippen LogP contribution < -0.4 is 10.6 Å². The number of carbonyl (C=O) groups excluding carboxylic acids is 4. The molecular weight excluding hydrogens is 326 g/mol. The van der Waals surface area contributed by atoms with Crippen molar-refractivity contribution in [1.82, 2.24) is 15.5 Å². The summed E-state index contributed by atoms with van der Waals surface area (Å²) in [5.41, 5.74) is -0.884. The Bertz CT molecular complexity index is 560. The van der Waals surface area contributed by atoms with Crippen molar-refractivity contribution in [3.63, 3.8) is 0 Å². The first-order valence-electron chi connectivity index (χ1n) is 8.84. The molecule has 0 bridgehead atoms. The molecule has 0 aromatic rings. The summed E-state index contributed by atoms with van der Waals surface area (Å²) in [5.74, 6) is -0.731. The Kier molecular flexibility index (Phi) is 6.02. The number of urea groups is 1. The third kappa shape index (κ3) is 4.70. The maximum Gasteiger partial charge on any atom is 0.325 e. The molecule has 140 valence electrons. The largest absolute Gasteiger partial charge is 0.466 e. The van der Waals surface area contributed by atoms with Gasteiger partial charge < -0.3 is 15.4 Å². The first-order chi connectivity index (χ1) is 11.7. The maximum absolute atomic E-state index is 12.0. The molecule has 1 saturated heterocycles. The maximum atomic E-state index is 12.0. The molecule has 1 saturated carbocycles. The van der Waals surface area contributed by atoms with E-state index in [-0.39, 0.29) is 42.7 Å². The van der Waals surface area contributed by atoms with E-state index in [0.717, 1.165) is 17.7 Å². The number of nitrogens with zero attached hydrogens (tertiary/aromatic N) is 1. The summed E-state index contributed by atoms with van der Waals surface area (Å²) in [6.45, 7) is 5.67. The summed E-state index contributed by atoms with van der Waals surface area (Å²) in [6, 6.07) is -0.430. The SMILES string of the molecule is CCOC(=O)[C@H]1CC[C@@H](NC(=O)CCCN2C(=O)NC(C)(C)C2=O)C1. The molecule has 2 N–H and O–H groups in total. The quantitative estimate of drug-likeness (QED) is 0.524. The van der Waals surface area contributed by atoms with Crippen LogP contribution in [0.15, 0.2) is 0 Å². The van der Waals surface area contributed by atoms with Gasteiger partial charge in [-0.25, -0.2) is 4.79 Å². The second-order valence-electron chi connectivity index (χ2n) is 7.14. The number of amides is 4. The molecule has 8 heteroatoms. The zero-order valence-corrected chi connectivity index (χ0v) is 15.1. The summed E-state index contributed by atoms with van der Waals surface area (Å²) < 4.78 is 5.01. The Labute approximate surface area is 147 Å². The van der Waals surface area contributed by atoms with E-state index in [1.54, 1.807) is 20.8 Å². The first-order valence-corrected chi connectivity index (χ1v) is 8.84. The van der Waals surface area contributed by atoms with Crippen LogP contribution in [0.2, 0.25) is 0 Å². The van der Waals surface area contributed by atoms with Gasteiger partial charge in [-0.05, 0) is 46.5 Å². The Balaban J connectivity index is 1.69. The van der Waals surface area contributed by atoms with Crippen LogP contribution in [0.25, 0.3) is 0 Å². The normalized spacial score (nSPS) is 25.0. The molecule has 4 amide bonds. The van der Waals surface area contributed by atoms with E-state index in [1.165, 1.54) is 0 Å². The van der Waals surface area contributed by atoms with Crippen molar-refractivity contribution in [1.29, 1.82) is 0 Å². The molecule has 0 aromatic heterocycles. The van der Waals surface area contributed by atoms with Gasteiger partial charge in [0.05, 0.1) is 12.5 Å². The molecule has 2 fully saturated rings. The van der Waals surface area contributed by atoms with Gasteiger partial charge in [-0.1, -0.05) is 0 Å². The van der Waals surface area contributed by atoms with E-state index in [2.05, 4.69) is 10.6 Å². The molecule has 2 rings (SSSR count). The van der Waals surface area contributed by atoms with E-state index in [1.807, 2.05) is 0 Å².